The van der Waals surface area contributed by atoms with E-state index < -0.39 is 0 Å². The topological polar surface area (TPSA) is 42.0 Å². The number of nitrogens with zero attached hydrogens (tertiary/aromatic N) is 1. The van der Waals surface area contributed by atoms with Gasteiger partial charge in [0.2, 0.25) is 0 Å². The van der Waals surface area contributed by atoms with E-state index in [-0.39, 0.29) is 11.9 Å². The molecular formula is C14H12BrClN2O. The number of nitrogens with one attached hydrogen (secondary N) is 1. The molecule has 0 aliphatic carbocycles. The SMILES string of the molecule is CC(NC(=O)c1ncccc1Br)c1ccc(Cl)cc1. The maximum absolute atomic E-state index is 12.1. The van der Waals surface area contributed by atoms with E-state index >= 15 is 0 Å². The quantitative estimate of drug-likeness (QED) is 0.918. The van der Waals surface area contributed by atoms with E-state index in [0.29, 0.717) is 15.2 Å². The third-order valence-corrected chi connectivity index (χ3v) is 3.58. The molecule has 5 heteroatoms. The summed E-state index contributed by atoms with van der Waals surface area (Å²) in [6.07, 6.45) is 1.59. The van der Waals surface area contributed by atoms with Crippen LogP contribution in [-0.4, -0.2) is 10.9 Å². The maximum atomic E-state index is 12.1. The van der Waals surface area contributed by atoms with E-state index in [1.807, 2.05) is 19.1 Å². The summed E-state index contributed by atoms with van der Waals surface area (Å²) in [5.41, 5.74) is 1.37. The Balaban J connectivity index is 2.11. The molecule has 2 rings (SSSR count). The number of rotatable bonds is 3. The van der Waals surface area contributed by atoms with Gasteiger partial charge in [-0.25, -0.2) is 4.98 Å². The van der Waals surface area contributed by atoms with Gasteiger partial charge in [-0.1, -0.05) is 23.7 Å². The van der Waals surface area contributed by atoms with Crippen LogP contribution in [0.3, 0.4) is 0 Å². The van der Waals surface area contributed by atoms with Gasteiger partial charge < -0.3 is 5.32 Å². The number of hydrogen-bond acceptors (Lipinski definition) is 2. The highest BCUT2D eigenvalue weighted by atomic mass is 79.9. The van der Waals surface area contributed by atoms with Crippen molar-refractivity contribution in [1.29, 1.82) is 0 Å². The number of hydrogen-bond donors (Lipinski definition) is 1. The summed E-state index contributed by atoms with van der Waals surface area (Å²) in [5, 5.41) is 3.57. The number of halogens is 2. The second-order valence-corrected chi connectivity index (χ2v) is 5.37. The summed E-state index contributed by atoms with van der Waals surface area (Å²) < 4.78 is 0.677. The Morgan fingerprint density at radius 1 is 1.32 bits per heavy atom. The van der Waals surface area contributed by atoms with Gasteiger partial charge in [0.25, 0.3) is 5.91 Å². The highest BCUT2D eigenvalue weighted by Gasteiger charge is 2.14. The third kappa shape index (κ3) is 3.55. The number of benzene rings is 1. The molecular weight excluding hydrogens is 328 g/mol. The van der Waals surface area contributed by atoms with Crippen molar-refractivity contribution in [2.75, 3.05) is 0 Å². The number of carbonyl (C=O) groups excluding carboxylic acids is 1. The fraction of sp³-hybridized carbons (Fsp3) is 0.143. The van der Waals surface area contributed by atoms with Crippen LogP contribution in [0.2, 0.25) is 5.02 Å². The van der Waals surface area contributed by atoms with E-state index in [0.717, 1.165) is 5.56 Å². The molecule has 1 unspecified atom stereocenters. The summed E-state index contributed by atoms with van der Waals surface area (Å²) >= 11 is 9.15. The Labute approximate surface area is 125 Å². The van der Waals surface area contributed by atoms with Crippen molar-refractivity contribution in [3.05, 3.63) is 63.3 Å². The van der Waals surface area contributed by atoms with E-state index in [1.165, 1.54) is 0 Å². The molecule has 1 aromatic heterocycles. The third-order valence-electron chi connectivity index (χ3n) is 2.69. The number of amides is 1. The normalized spacial score (nSPS) is 11.9. The lowest BCUT2D eigenvalue weighted by atomic mass is 10.1. The molecule has 0 aliphatic heterocycles. The molecule has 0 saturated heterocycles. The van der Waals surface area contributed by atoms with Crippen molar-refractivity contribution in [3.8, 4) is 0 Å². The standard InChI is InChI=1S/C14H12BrClN2O/c1-9(10-4-6-11(16)7-5-10)18-14(19)13-12(15)3-2-8-17-13/h2-9H,1H3,(H,18,19). The van der Waals surface area contributed by atoms with Crippen molar-refractivity contribution in [2.24, 2.45) is 0 Å². The van der Waals surface area contributed by atoms with Crippen molar-refractivity contribution in [1.82, 2.24) is 10.3 Å². The van der Waals surface area contributed by atoms with Gasteiger partial charge in [-0.05, 0) is 52.7 Å². The minimum absolute atomic E-state index is 0.112. The van der Waals surface area contributed by atoms with Crippen LogP contribution in [0.5, 0.6) is 0 Å². The van der Waals surface area contributed by atoms with Crippen molar-refractivity contribution >= 4 is 33.4 Å². The molecule has 1 atom stereocenters. The first kappa shape index (κ1) is 14.0. The van der Waals surface area contributed by atoms with Crippen LogP contribution in [0.15, 0.2) is 47.1 Å². The Morgan fingerprint density at radius 3 is 2.63 bits per heavy atom. The molecule has 2 aromatic rings. The lowest BCUT2D eigenvalue weighted by molar-refractivity contribution is 0.0934. The predicted octanol–water partition coefficient (Wildman–Crippen LogP) is 3.99. The van der Waals surface area contributed by atoms with E-state index in [4.69, 9.17) is 11.6 Å². The fourth-order valence-corrected chi connectivity index (χ4v) is 2.21. The van der Waals surface area contributed by atoms with Crippen LogP contribution in [0, 0.1) is 0 Å². The molecule has 0 saturated carbocycles. The van der Waals surface area contributed by atoms with Crippen LogP contribution in [-0.2, 0) is 0 Å². The van der Waals surface area contributed by atoms with Gasteiger partial charge in [-0.3, -0.25) is 4.79 Å². The minimum Gasteiger partial charge on any atom is -0.344 e. The zero-order chi connectivity index (χ0) is 13.8. The van der Waals surface area contributed by atoms with Crippen LogP contribution in [0.4, 0.5) is 0 Å². The Bertz CT molecular complexity index is 586. The molecule has 98 valence electrons. The molecule has 0 bridgehead atoms. The fourth-order valence-electron chi connectivity index (χ4n) is 1.65. The highest BCUT2D eigenvalue weighted by Crippen LogP contribution is 2.18. The van der Waals surface area contributed by atoms with Gasteiger partial charge in [0, 0.05) is 15.7 Å². The lowest BCUT2D eigenvalue weighted by Crippen LogP contribution is -2.27. The van der Waals surface area contributed by atoms with Crippen LogP contribution >= 0.6 is 27.5 Å². The van der Waals surface area contributed by atoms with E-state index in [1.54, 1.807) is 30.5 Å². The average molecular weight is 340 g/mol. The molecule has 3 nitrogen and oxygen atoms in total. The predicted molar refractivity (Wildman–Crippen MR) is 79.3 cm³/mol. The molecule has 0 fully saturated rings. The van der Waals surface area contributed by atoms with Gasteiger partial charge in [-0.15, -0.1) is 0 Å². The molecule has 19 heavy (non-hydrogen) atoms. The number of aromatic nitrogens is 1. The summed E-state index contributed by atoms with van der Waals surface area (Å²) in [6, 6.07) is 10.8. The maximum Gasteiger partial charge on any atom is 0.271 e. The van der Waals surface area contributed by atoms with Crippen LogP contribution in [0.25, 0.3) is 0 Å². The van der Waals surface area contributed by atoms with E-state index in [2.05, 4.69) is 26.2 Å². The highest BCUT2D eigenvalue weighted by molar-refractivity contribution is 9.10. The number of pyridine rings is 1. The Hall–Kier alpha value is -1.39. The van der Waals surface area contributed by atoms with Crippen molar-refractivity contribution in [2.45, 2.75) is 13.0 Å². The van der Waals surface area contributed by atoms with Gasteiger partial charge in [0.15, 0.2) is 0 Å². The molecule has 0 aliphatic rings. The first-order valence-electron chi connectivity index (χ1n) is 5.75. The zero-order valence-corrected chi connectivity index (χ0v) is 12.6. The first-order valence-corrected chi connectivity index (χ1v) is 6.92. The molecule has 1 amide bonds. The second kappa shape index (κ2) is 6.17. The Morgan fingerprint density at radius 2 is 2.00 bits per heavy atom. The molecule has 1 heterocycles. The molecule has 1 aromatic carbocycles. The summed E-state index contributed by atoms with van der Waals surface area (Å²) in [5.74, 6) is -0.213. The lowest BCUT2D eigenvalue weighted by Gasteiger charge is -2.14. The Kier molecular flexibility index (Phi) is 4.56. The minimum atomic E-state index is -0.213. The first-order chi connectivity index (χ1) is 9.08. The summed E-state index contributed by atoms with van der Waals surface area (Å²) in [7, 11) is 0. The van der Waals surface area contributed by atoms with Crippen molar-refractivity contribution in [3.63, 3.8) is 0 Å². The molecule has 0 spiro atoms. The van der Waals surface area contributed by atoms with Gasteiger partial charge in [0.05, 0.1) is 6.04 Å². The zero-order valence-electron chi connectivity index (χ0n) is 10.2. The summed E-state index contributed by atoms with van der Waals surface area (Å²) in [6.45, 7) is 1.91. The van der Waals surface area contributed by atoms with E-state index in [9.17, 15) is 4.79 Å². The van der Waals surface area contributed by atoms with Crippen LogP contribution in [0.1, 0.15) is 29.0 Å². The second-order valence-electron chi connectivity index (χ2n) is 4.08. The summed E-state index contributed by atoms with van der Waals surface area (Å²) in [4.78, 5) is 16.1. The van der Waals surface area contributed by atoms with Gasteiger partial charge in [-0.2, -0.15) is 0 Å². The molecule has 0 radical (unpaired) electrons. The molecule has 1 N–H and O–H groups in total. The average Bonchev–Trinajstić information content (AvgIpc) is 2.39. The monoisotopic (exact) mass is 338 g/mol. The number of carbonyl (C=O) groups is 1. The van der Waals surface area contributed by atoms with Gasteiger partial charge in [0.1, 0.15) is 5.69 Å². The largest absolute Gasteiger partial charge is 0.344 e. The van der Waals surface area contributed by atoms with Gasteiger partial charge >= 0.3 is 0 Å². The smallest absolute Gasteiger partial charge is 0.271 e. The van der Waals surface area contributed by atoms with Crippen molar-refractivity contribution < 1.29 is 4.79 Å². The van der Waals surface area contributed by atoms with Crippen LogP contribution < -0.4 is 5.32 Å².